The molecular formula is C17H22N2O. The summed E-state index contributed by atoms with van der Waals surface area (Å²) in [4.78, 5) is 12.4. The summed E-state index contributed by atoms with van der Waals surface area (Å²) in [6, 6.07) is 13.8. The van der Waals surface area contributed by atoms with Gasteiger partial charge in [0.1, 0.15) is 0 Å². The average molecular weight is 270 g/mol. The SMILES string of the molecule is CCCCC(CN)NC(=O)c1cccc2ccccc12. The number of hydrogen-bond acceptors (Lipinski definition) is 2. The molecule has 0 fully saturated rings. The molecule has 2 aromatic rings. The average Bonchev–Trinajstić information content (AvgIpc) is 2.50. The summed E-state index contributed by atoms with van der Waals surface area (Å²) < 4.78 is 0. The van der Waals surface area contributed by atoms with Crippen LogP contribution in [0.15, 0.2) is 42.5 Å². The minimum absolute atomic E-state index is 0.0339. The molecule has 0 saturated heterocycles. The van der Waals surface area contributed by atoms with Gasteiger partial charge in [0.05, 0.1) is 0 Å². The first-order valence-electron chi connectivity index (χ1n) is 7.25. The molecule has 0 aromatic heterocycles. The Hall–Kier alpha value is -1.87. The number of nitrogens with one attached hydrogen (secondary N) is 1. The molecular weight excluding hydrogens is 248 g/mol. The first kappa shape index (κ1) is 14.5. The Morgan fingerprint density at radius 2 is 1.95 bits per heavy atom. The van der Waals surface area contributed by atoms with E-state index in [4.69, 9.17) is 5.73 Å². The number of amides is 1. The molecule has 0 heterocycles. The molecule has 106 valence electrons. The third-order valence-electron chi connectivity index (χ3n) is 3.56. The van der Waals surface area contributed by atoms with E-state index in [1.807, 2.05) is 42.5 Å². The molecule has 1 amide bonds. The molecule has 0 bridgehead atoms. The molecule has 3 N–H and O–H groups in total. The lowest BCUT2D eigenvalue weighted by molar-refractivity contribution is 0.0937. The summed E-state index contributed by atoms with van der Waals surface area (Å²) in [5.41, 5.74) is 6.46. The van der Waals surface area contributed by atoms with Crippen LogP contribution in [0.5, 0.6) is 0 Å². The van der Waals surface area contributed by atoms with Crippen LogP contribution in [0.1, 0.15) is 36.5 Å². The number of benzene rings is 2. The van der Waals surface area contributed by atoms with Gasteiger partial charge in [-0.2, -0.15) is 0 Å². The summed E-state index contributed by atoms with van der Waals surface area (Å²) in [6.07, 6.45) is 3.13. The van der Waals surface area contributed by atoms with Gasteiger partial charge >= 0.3 is 0 Å². The Bertz CT molecular complexity index is 575. The number of rotatable bonds is 6. The Morgan fingerprint density at radius 1 is 1.20 bits per heavy atom. The van der Waals surface area contributed by atoms with Gasteiger partial charge in [-0.3, -0.25) is 4.79 Å². The second-order valence-corrected chi connectivity index (χ2v) is 5.08. The van der Waals surface area contributed by atoms with Crippen molar-refractivity contribution in [3.05, 3.63) is 48.0 Å². The van der Waals surface area contributed by atoms with E-state index in [1.165, 1.54) is 0 Å². The summed E-state index contributed by atoms with van der Waals surface area (Å²) in [5, 5.41) is 5.11. The zero-order valence-electron chi connectivity index (χ0n) is 11.9. The van der Waals surface area contributed by atoms with Crippen LogP contribution in [0.25, 0.3) is 10.8 Å². The van der Waals surface area contributed by atoms with Gasteiger partial charge in [-0.25, -0.2) is 0 Å². The third-order valence-corrected chi connectivity index (χ3v) is 3.56. The third kappa shape index (κ3) is 3.36. The molecule has 2 aromatic carbocycles. The molecule has 3 nitrogen and oxygen atoms in total. The van der Waals surface area contributed by atoms with E-state index >= 15 is 0 Å². The van der Waals surface area contributed by atoms with Crippen LogP contribution in [0.4, 0.5) is 0 Å². The smallest absolute Gasteiger partial charge is 0.252 e. The monoisotopic (exact) mass is 270 g/mol. The highest BCUT2D eigenvalue weighted by molar-refractivity contribution is 6.07. The second kappa shape index (κ2) is 7.06. The number of carbonyl (C=O) groups is 1. The van der Waals surface area contributed by atoms with E-state index in [-0.39, 0.29) is 11.9 Å². The van der Waals surface area contributed by atoms with Gasteiger partial charge < -0.3 is 11.1 Å². The fraction of sp³-hybridized carbons (Fsp3) is 0.353. The fourth-order valence-corrected chi connectivity index (χ4v) is 2.39. The highest BCUT2D eigenvalue weighted by Crippen LogP contribution is 2.18. The van der Waals surface area contributed by atoms with Crippen molar-refractivity contribution in [3.8, 4) is 0 Å². The maximum absolute atomic E-state index is 12.4. The van der Waals surface area contributed by atoms with Crippen LogP contribution in [0.2, 0.25) is 0 Å². The van der Waals surface area contributed by atoms with Crippen LogP contribution in [0.3, 0.4) is 0 Å². The number of unbranched alkanes of at least 4 members (excludes halogenated alkanes) is 1. The zero-order chi connectivity index (χ0) is 14.4. The summed E-state index contributed by atoms with van der Waals surface area (Å²) in [7, 11) is 0. The molecule has 20 heavy (non-hydrogen) atoms. The summed E-state index contributed by atoms with van der Waals surface area (Å²) in [5.74, 6) is -0.0339. The predicted molar refractivity (Wildman–Crippen MR) is 83.8 cm³/mol. The largest absolute Gasteiger partial charge is 0.348 e. The minimum Gasteiger partial charge on any atom is -0.348 e. The van der Waals surface area contributed by atoms with Crippen molar-refractivity contribution < 1.29 is 4.79 Å². The Morgan fingerprint density at radius 3 is 2.70 bits per heavy atom. The van der Waals surface area contributed by atoms with Crippen molar-refractivity contribution in [3.63, 3.8) is 0 Å². The Labute approximate surface area is 120 Å². The second-order valence-electron chi connectivity index (χ2n) is 5.08. The molecule has 2 rings (SSSR count). The molecule has 0 aliphatic rings. The highest BCUT2D eigenvalue weighted by atomic mass is 16.1. The molecule has 0 spiro atoms. The molecule has 3 heteroatoms. The van der Waals surface area contributed by atoms with Crippen molar-refractivity contribution >= 4 is 16.7 Å². The lowest BCUT2D eigenvalue weighted by Gasteiger charge is -2.17. The first-order valence-corrected chi connectivity index (χ1v) is 7.25. The van der Waals surface area contributed by atoms with Crippen LogP contribution >= 0.6 is 0 Å². The van der Waals surface area contributed by atoms with Gasteiger partial charge in [0.25, 0.3) is 5.91 Å². The van der Waals surface area contributed by atoms with Gasteiger partial charge in [0.15, 0.2) is 0 Å². The van der Waals surface area contributed by atoms with Crippen LogP contribution in [-0.2, 0) is 0 Å². The number of nitrogens with two attached hydrogens (primary N) is 1. The Balaban J connectivity index is 2.18. The number of carbonyl (C=O) groups excluding carboxylic acids is 1. The van der Waals surface area contributed by atoms with E-state index in [0.29, 0.717) is 6.54 Å². The standard InChI is InChI=1S/C17H22N2O/c1-2-3-9-14(12-18)19-17(20)16-11-6-8-13-7-4-5-10-15(13)16/h4-8,10-11,14H,2-3,9,12,18H2,1H3,(H,19,20). The minimum atomic E-state index is -0.0339. The fourth-order valence-electron chi connectivity index (χ4n) is 2.39. The first-order chi connectivity index (χ1) is 9.76. The quantitative estimate of drug-likeness (QED) is 0.847. The van der Waals surface area contributed by atoms with E-state index in [0.717, 1.165) is 35.6 Å². The number of hydrogen-bond donors (Lipinski definition) is 2. The maximum atomic E-state index is 12.4. The van der Waals surface area contributed by atoms with Crippen LogP contribution in [-0.4, -0.2) is 18.5 Å². The van der Waals surface area contributed by atoms with Gasteiger partial charge in [0.2, 0.25) is 0 Å². The van der Waals surface area contributed by atoms with Gasteiger partial charge in [-0.05, 0) is 23.3 Å². The van der Waals surface area contributed by atoms with Crippen LogP contribution < -0.4 is 11.1 Å². The Kier molecular flexibility index (Phi) is 5.13. The van der Waals surface area contributed by atoms with E-state index < -0.39 is 0 Å². The number of fused-ring (bicyclic) bond motifs is 1. The van der Waals surface area contributed by atoms with Crippen molar-refractivity contribution in [2.75, 3.05) is 6.54 Å². The van der Waals surface area contributed by atoms with Crippen molar-refractivity contribution in [1.29, 1.82) is 0 Å². The van der Waals surface area contributed by atoms with E-state index in [9.17, 15) is 4.79 Å². The topological polar surface area (TPSA) is 55.1 Å². The highest BCUT2D eigenvalue weighted by Gasteiger charge is 2.14. The molecule has 1 unspecified atom stereocenters. The van der Waals surface area contributed by atoms with Gasteiger partial charge in [-0.15, -0.1) is 0 Å². The van der Waals surface area contributed by atoms with Gasteiger partial charge in [-0.1, -0.05) is 56.2 Å². The van der Waals surface area contributed by atoms with E-state index in [2.05, 4.69) is 12.2 Å². The maximum Gasteiger partial charge on any atom is 0.252 e. The van der Waals surface area contributed by atoms with E-state index in [1.54, 1.807) is 0 Å². The van der Waals surface area contributed by atoms with Crippen molar-refractivity contribution in [2.45, 2.75) is 32.2 Å². The lowest BCUT2D eigenvalue weighted by Crippen LogP contribution is -2.40. The summed E-state index contributed by atoms with van der Waals surface area (Å²) in [6.45, 7) is 2.62. The molecule has 0 saturated carbocycles. The van der Waals surface area contributed by atoms with Crippen molar-refractivity contribution in [2.24, 2.45) is 5.73 Å². The normalized spacial score (nSPS) is 12.3. The molecule has 1 atom stereocenters. The molecule has 0 aliphatic carbocycles. The zero-order valence-corrected chi connectivity index (χ0v) is 11.9. The molecule has 0 aliphatic heterocycles. The lowest BCUT2D eigenvalue weighted by atomic mass is 10.0. The summed E-state index contributed by atoms with van der Waals surface area (Å²) >= 11 is 0. The predicted octanol–water partition coefficient (Wildman–Crippen LogP) is 3.09. The van der Waals surface area contributed by atoms with Crippen LogP contribution in [0, 0.1) is 0 Å². The van der Waals surface area contributed by atoms with Crippen molar-refractivity contribution in [1.82, 2.24) is 5.32 Å². The molecule has 0 radical (unpaired) electrons. The van der Waals surface area contributed by atoms with Gasteiger partial charge in [0, 0.05) is 18.2 Å².